The number of hydrogen-bond donors (Lipinski definition) is 3. The number of para-hydroxylation sites is 1. The summed E-state index contributed by atoms with van der Waals surface area (Å²) in [4.78, 5) is 44.3. The number of anilines is 3. The number of hydrogen-bond acceptors (Lipinski definition) is 7. The molecule has 2 aliphatic rings. The number of rotatable bonds is 10. The van der Waals surface area contributed by atoms with Gasteiger partial charge in [-0.05, 0) is 74.7 Å². The second kappa shape index (κ2) is 12.9. The highest BCUT2D eigenvalue weighted by molar-refractivity contribution is 6.05. The van der Waals surface area contributed by atoms with Crippen molar-refractivity contribution >= 4 is 34.8 Å². The molecule has 0 radical (unpaired) electrons. The quantitative estimate of drug-likeness (QED) is 0.327. The van der Waals surface area contributed by atoms with E-state index in [1.54, 1.807) is 24.3 Å². The van der Waals surface area contributed by atoms with E-state index >= 15 is 0 Å². The van der Waals surface area contributed by atoms with E-state index in [4.69, 9.17) is 10.2 Å². The minimum atomic E-state index is -0.373. The number of likely N-dealkylation sites (tertiary alicyclic amines) is 1. The van der Waals surface area contributed by atoms with Gasteiger partial charge in [0.1, 0.15) is 0 Å². The summed E-state index contributed by atoms with van der Waals surface area (Å²) in [6.07, 6.45) is 3.92. The molecule has 3 heterocycles. The average Bonchev–Trinajstić information content (AvgIpc) is 3.69. The molecule has 3 amide bonds. The second-order valence-electron chi connectivity index (χ2n) is 10.6. The molecule has 2 fully saturated rings. The first kappa shape index (κ1) is 28.2. The van der Waals surface area contributed by atoms with Crippen LogP contribution in [0.1, 0.15) is 45.7 Å². The number of primary amides is 1. The van der Waals surface area contributed by atoms with Crippen molar-refractivity contribution in [2.45, 2.75) is 32.2 Å². The molecule has 3 aromatic rings. The summed E-state index contributed by atoms with van der Waals surface area (Å²) in [5, 5.41) is 5.93. The number of carbonyl (C=O) groups excluding carboxylic acids is 3. The van der Waals surface area contributed by atoms with Gasteiger partial charge < -0.3 is 30.6 Å². The Morgan fingerprint density at radius 2 is 1.68 bits per heavy atom. The lowest BCUT2D eigenvalue weighted by molar-refractivity contribution is -0.122. The van der Waals surface area contributed by atoms with Gasteiger partial charge in [0.25, 0.3) is 11.8 Å². The van der Waals surface area contributed by atoms with E-state index in [2.05, 4.69) is 50.5 Å². The van der Waals surface area contributed by atoms with Crippen molar-refractivity contribution in [1.82, 2.24) is 10.2 Å². The number of aryl methyl sites for hydroxylation is 1. The molecule has 216 valence electrons. The summed E-state index contributed by atoms with van der Waals surface area (Å²) in [5.74, 6) is -0.678. The molecule has 10 nitrogen and oxygen atoms in total. The van der Waals surface area contributed by atoms with Gasteiger partial charge in [-0.2, -0.15) is 0 Å². The number of piperazine rings is 1. The predicted molar refractivity (Wildman–Crippen MR) is 159 cm³/mol. The Bertz CT molecular complexity index is 1370. The van der Waals surface area contributed by atoms with E-state index in [1.807, 2.05) is 12.1 Å². The van der Waals surface area contributed by atoms with Crippen LogP contribution in [0, 0.1) is 6.92 Å². The Morgan fingerprint density at radius 1 is 0.927 bits per heavy atom. The molecule has 10 heteroatoms. The maximum Gasteiger partial charge on any atom is 0.291 e. The zero-order valence-corrected chi connectivity index (χ0v) is 23.5. The van der Waals surface area contributed by atoms with Crippen molar-refractivity contribution in [3.05, 3.63) is 77.7 Å². The Balaban J connectivity index is 1.25. The van der Waals surface area contributed by atoms with Gasteiger partial charge in [0, 0.05) is 50.5 Å². The van der Waals surface area contributed by atoms with Crippen LogP contribution in [0.15, 0.2) is 65.3 Å². The lowest BCUT2D eigenvalue weighted by atomic mass is 10.1. The average molecular weight is 559 g/mol. The van der Waals surface area contributed by atoms with Crippen molar-refractivity contribution in [2.75, 3.05) is 60.9 Å². The molecule has 2 aliphatic heterocycles. The summed E-state index contributed by atoms with van der Waals surface area (Å²) in [6, 6.07) is 16.9. The number of furan rings is 1. The van der Waals surface area contributed by atoms with E-state index in [-0.39, 0.29) is 29.5 Å². The zero-order chi connectivity index (χ0) is 28.8. The van der Waals surface area contributed by atoms with Crippen LogP contribution in [0.2, 0.25) is 0 Å². The van der Waals surface area contributed by atoms with Crippen molar-refractivity contribution in [3.8, 4) is 0 Å². The predicted octanol–water partition coefficient (Wildman–Crippen LogP) is 3.24. The summed E-state index contributed by atoms with van der Waals surface area (Å²) >= 11 is 0. The maximum absolute atomic E-state index is 13.0. The molecule has 1 atom stereocenters. The third-order valence-corrected chi connectivity index (χ3v) is 7.93. The molecular formula is C31H38N6O4. The standard InChI is InChI=1S/C31H38N6O4/c1-22-7-2-3-8-25(22)36-16-18-37(19-17-36)26-12-11-23(21-24(26)34-31(40)28-10-5-20-41-28)30(39)33-13-6-15-35-14-4-9-27(35)29(32)38/h2-3,5,7-8,10-12,20-21,27H,4,6,9,13-19H2,1H3,(H2,32,38)(H,33,39)(H,34,40)/t27-/m1/s1. The summed E-state index contributed by atoms with van der Waals surface area (Å²) in [5.41, 5.74) is 9.87. The normalized spacial score (nSPS) is 17.4. The fourth-order valence-corrected chi connectivity index (χ4v) is 5.75. The smallest absolute Gasteiger partial charge is 0.291 e. The molecule has 2 saturated heterocycles. The van der Waals surface area contributed by atoms with Gasteiger partial charge in [-0.1, -0.05) is 18.2 Å². The van der Waals surface area contributed by atoms with Gasteiger partial charge in [-0.25, -0.2) is 0 Å². The monoisotopic (exact) mass is 558 g/mol. The number of carbonyl (C=O) groups is 3. The number of nitrogens with two attached hydrogens (primary N) is 1. The van der Waals surface area contributed by atoms with Crippen LogP contribution in [0.5, 0.6) is 0 Å². The van der Waals surface area contributed by atoms with Gasteiger partial charge >= 0.3 is 0 Å². The fourth-order valence-electron chi connectivity index (χ4n) is 5.75. The molecule has 0 spiro atoms. The third-order valence-electron chi connectivity index (χ3n) is 7.93. The molecule has 41 heavy (non-hydrogen) atoms. The molecule has 0 bridgehead atoms. The lowest BCUT2D eigenvalue weighted by Crippen LogP contribution is -2.47. The van der Waals surface area contributed by atoms with Crippen LogP contribution >= 0.6 is 0 Å². The third kappa shape index (κ3) is 6.71. The van der Waals surface area contributed by atoms with Crippen LogP contribution in [0.4, 0.5) is 17.1 Å². The van der Waals surface area contributed by atoms with Gasteiger partial charge in [0.05, 0.1) is 23.7 Å². The van der Waals surface area contributed by atoms with Gasteiger partial charge in [0.2, 0.25) is 5.91 Å². The van der Waals surface area contributed by atoms with E-state index in [0.29, 0.717) is 30.8 Å². The lowest BCUT2D eigenvalue weighted by Gasteiger charge is -2.38. The van der Waals surface area contributed by atoms with Gasteiger partial charge in [-0.15, -0.1) is 0 Å². The van der Waals surface area contributed by atoms with Crippen LogP contribution in [0.25, 0.3) is 0 Å². The molecule has 2 aromatic carbocycles. The largest absolute Gasteiger partial charge is 0.459 e. The molecule has 5 rings (SSSR count). The van der Waals surface area contributed by atoms with Gasteiger partial charge in [0.15, 0.2) is 5.76 Å². The van der Waals surface area contributed by atoms with Crippen molar-refractivity contribution in [1.29, 1.82) is 0 Å². The van der Waals surface area contributed by atoms with Crippen LogP contribution < -0.4 is 26.2 Å². The molecule has 4 N–H and O–H groups in total. The number of amides is 3. The molecule has 0 aliphatic carbocycles. The summed E-state index contributed by atoms with van der Waals surface area (Å²) < 4.78 is 5.29. The Morgan fingerprint density at radius 3 is 2.39 bits per heavy atom. The molecule has 0 unspecified atom stereocenters. The highest BCUT2D eigenvalue weighted by Gasteiger charge is 2.28. The fraction of sp³-hybridized carbons (Fsp3) is 0.387. The molecular weight excluding hydrogens is 520 g/mol. The molecule has 1 aromatic heterocycles. The Labute approximate surface area is 240 Å². The minimum Gasteiger partial charge on any atom is -0.459 e. The Hall–Kier alpha value is -4.31. The molecule has 0 saturated carbocycles. The van der Waals surface area contributed by atoms with Crippen molar-refractivity contribution in [2.24, 2.45) is 5.73 Å². The second-order valence-corrected chi connectivity index (χ2v) is 10.6. The van der Waals surface area contributed by atoms with Crippen molar-refractivity contribution < 1.29 is 18.8 Å². The topological polar surface area (TPSA) is 124 Å². The van der Waals surface area contributed by atoms with Crippen LogP contribution in [0.3, 0.4) is 0 Å². The first-order valence-corrected chi connectivity index (χ1v) is 14.3. The van der Waals surface area contributed by atoms with E-state index < -0.39 is 0 Å². The van der Waals surface area contributed by atoms with Crippen LogP contribution in [-0.2, 0) is 4.79 Å². The van der Waals surface area contributed by atoms with Crippen LogP contribution in [-0.4, -0.2) is 74.5 Å². The SMILES string of the molecule is Cc1ccccc1N1CCN(c2ccc(C(=O)NCCCN3CCC[C@@H]3C(N)=O)cc2NC(=O)c2ccco2)CC1. The number of benzene rings is 2. The maximum atomic E-state index is 13.0. The number of nitrogens with one attached hydrogen (secondary N) is 2. The summed E-state index contributed by atoms with van der Waals surface area (Å²) in [7, 11) is 0. The summed E-state index contributed by atoms with van der Waals surface area (Å²) in [6.45, 7) is 7.36. The number of nitrogens with zero attached hydrogens (tertiary/aromatic N) is 3. The Kier molecular flexibility index (Phi) is 8.88. The van der Waals surface area contributed by atoms with E-state index in [1.165, 1.54) is 17.5 Å². The first-order valence-electron chi connectivity index (χ1n) is 14.3. The highest BCUT2D eigenvalue weighted by Crippen LogP contribution is 2.30. The van der Waals surface area contributed by atoms with Crippen molar-refractivity contribution in [3.63, 3.8) is 0 Å². The highest BCUT2D eigenvalue weighted by atomic mass is 16.3. The van der Waals surface area contributed by atoms with E-state index in [0.717, 1.165) is 51.3 Å². The first-order chi connectivity index (χ1) is 19.9. The van der Waals surface area contributed by atoms with E-state index in [9.17, 15) is 14.4 Å². The van der Waals surface area contributed by atoms with Gasteiger partial charge in [-0.3, -0.25) is 19.3 Å². The zero-order valence-electron chi connectivity index (χ0n) is 23.5. The minimum absolute atomic E-state index is 0.200.